The number of aryl methyl sites for hydroxylation is 1. The fraction of sp³-hybridized carbons (Fsp3) is 0.737. The van der Waals surface area contributed by atoms with Crippen molar-refractivity contribution in [3.05, 3.63) is 24.0 Å². The molecule has 3 atom stereocenters. The molecule has 1 amide bonds. The van der Waals surface area contributed by atoms with E-state index in [-0.39, 0.29) is 12.0 Å². The number of likely N-dealkylation sites (tertiary alicyclic amines) is 1. The van der Waals surface area contributed by atoms with Gasteiger partial charge in [0.15, 0.2) is 0 Å². The summed E-state index contributed by atoms with van der Waals surface area (Å²) in [7, 11) is 4.13. The van der Waals surface area contributed by atoms with Crippen molar-refractivity contribution in [1.82, 2.24) is 19.3 Å². The van der Waals surface area contributed by atoms with Gasteiger partial charge < -0.3 is 19.1 Å². The van der Waals surface area contributed by atoms with Gasteiger partial charge in [0.2, 0.25) is 0 Å². The number of piperazine rings is 1. The number of carbonyl (C=O) groups excluding carboxylic acids is 1. The summed E-state index contributed by atoms with van der Waals surface area (Å²) in [5, 5.41) is 0. The number of rotatable bonds is 3. The summed E-state index contributed by atoms with van der Waals surface area (Å²) in [6.07, 6.45) is 3.28. The van der Waals surface area contributed by atoms with Crippen molar-refractivity contribution in [3.63, 3.8) is 0 Å². The topological polar surface area (TPSA) is 41.0 Å². The largest absolute Gasteiger partial charge is 0.376 e. The Hall–Kier alpha value is -1.37. The maximum Gasteiger partial charge on any atom is 0.270 e. The van der Waals surface area contributed by atoms with Crippen LogP contribution in [-0.2, 0) is 11.8 Å². The number of carbonyl (C=O) groups is 1. The van der Waals surface area contributed by atoms with Gasteiger partial charge >= 0.3 is 0 Å². The fourth-order valence-corrected chi connectivity index (χ4v) is 4.53. The van der Waals surface area contributed by atoms with Gasteiger partial charge in [0.25, 0.3) is 5.91 Å². The standard InChI is InChI=1S/C19H30N4O2/c1-20-8-10-22(11-9-20)13-18-16-12-23(7-5-15(16)14-25-18)19(24)17-4-3-6-21(17)2/h3-4,6,15-16,18H,5,7-14H2,1-2H3/t15-,16-,18+/m1/s1. The van der Waals surface area contributed by atoms with Crippen LogP contribution < -0.4 is 0 Å². The third-order valence-corrected chi connectivity index (χ3v) is 6.29. The number of amides is 1. The van der Waals surface area contributed by atoms with Gasteiger partial charge in [-0.15, -0.1) is 0 Å². The van der Waals surface area contributed by atoms with E-state index >= 15 is 0 Å². The molecule has 3 aliphatic heterocycles. The minimum Gasteiger partial charge on any atom is -0.376 e. The Morgan fingerprint density at radius 1 is 1.20 bits per heavy atom. The monoisotopic (exact) mass is 346 g/mol. The number of aromatic nitrogens is 1. The lowest BCUT2D eigenvalue weighted by atomic mass is 9.84. The quantitative estimate of drug-likeness (QED) is 0.810. The summed E-state index contributed by atoms with van der Waals surface area (Å²) in [6.45, 7) is 8.11. The molecule has 4 heterocycles. The van der Waals surface area contributed by atoms with Crippen molar-refractivity contribution in [2.75, 3.05) is 59.5 Å². The van der Waals surface area contributed by atoms with Crippen LogP contribution in [0.25, 0.3) is 0 Å². The molecule has 6 nitrogen and oxygen atoms in total. The smallest absolute Gasteiger partial charge is 0.270 e. The number of nitrogens with zero attached hydrogens (tertiary/aromatic N) is 4. The van der Waals surface area contributed by atoms with Crippen LogP contribution >= 0.6 is 0 Å². The third kappa shape index (κ3) is 3.48. The van der Waals surface area contributed by atoms with Gasteiger partial charge in [-0.25, -0.2) is 0 Å². The van der Waals surface area contributed by atoms with Gasteiger partial charge in [-0.1, -0.05) is 0 Å². The normalized spacial score (nSPS) is 31.3. The van der Waals surface area contributed by atoms with Gasteiger partial charge in [0.05, 0.1) is 12.7 Å². The molecule has 0 spiro atoms. The second-order valence-corrected chi connectivity index (χ2v) is 7.94. The first-order valence-electron chi connectivity index (χ1n) is 9.55. The zero-order valence-corrected chi connectivity index (χ0v) is 15.4. The van der Waals surface area contributed by atoms with Crippen LogP contribution in [0.3, 0.4) is 0 Å². The Morgan fingerprint density at radius 2 is 2.00 bits per heavy atom. The number of piperidine rings is 1. The van der Waals surface area contributed by atoms with Crippen LogP contribution in [0.4, 0.5) is 0 Å². The maximum atomic E-state index is 12.9. The third-order valence-electron chi connectivity index (χ3n) is 6.29. The summed E-state index contributed by atoms with van der Waals surface area (Å²) in [5.41, 5.74) is 0.785. The Balaban J connectivity index is 1.39. The van der Waals surface area contributed by atoms with Crippen LogP contribution in [0.2, 0.25) is 0 Å². The van der Waals surface area contributed by atoms with E-state index in [1.54, 1.807) is 0 Å². The van der Waals surface area contributed by atoms with E-state index in [4.69, 9.17) is 4.74 Å². The lowest BCUT2D eigenvalue weighted by molar-refractivity contribution is 0.0289. The summed E-state index contributed by atoms with van der Waals surface area (Å²) in [5.74, 6) is 1.27. The summed E-state index contributed by atoms with van der Waals surface area (Å²) in [4.78, 5) is 19.8. The molecule has 0 bridgehead atoms. The minimum absolute atomic E-state index is 0.163. The molecule has 3 fully saturated rings. The first kappa shape index (κ1) is 17.1. The molecule has 3 saturated heterocycles. The van der Waals surface area contributed by atoms with Crippen LogP contribution in [0.1, 0.15) is 16.9 Å². The predicted octanol–water partition coefficient (Wildman–Crippen LogP) is 0.750. The average molecular weight is 346 g/mol. The van der Waals surface area contributed by atoms with Gasteiger partial charge in [0.1, 0.15) is 5.69 Å². The number of hydrogen-bond donors (Lipinski definition) is 0. The highest BCUT2D eigenvalue weighted by molar-refractivity contribution is 5.92. The number of fused-ring (bicyclic) bond motifs is 1. The van der Waals surface area contributed by atoms with Gasteiger partial charge in [-0.05, 0) is 31.5 Å². The highest BCUT2D eigenvalue weighted by Gasteiger charge is 2.42. The molecule has 0 unspecified atom stereocenters. The summed E-state index contributed by atoms with van der Waals surface area (Å²) >= 11 is 0. The molecule has 6 heteroatoms. The molecule has 3 aliphatic rings. The maximum absolute atomic E-state index is 12.9. The van der Waals surface area contributed by atoms with Crippen LogP contribution in [0.15, 0.2) is 18.3 Å². The van der Waals surface area contributed by atoms with E-state index in [1.165, 1.54) is 0 Å². The second kappa shape index (κ2) is 7.09. The van der Waals surface area contributed by atoms with E-state index in [0.717, 1.165) is 64.5 Å². The molecule has 0 aliphatic carbocycles. The molecule has 1 aromatic rings. The summed E-state index contributed by atoms with van der Waals surface area (Å²) in [6, 6.07) is 3.86. The zero-order chi connectivity index (χ0) is 17.4. The van der Waals surface area contributed by atoms with Crippen molar-refractivity contribution in [2.24, 2.45) is 18.9 Å². The van der Waals surface area contributed by atoms with Crippen LogP contribution in [0, 0.1) is 11.8 Å². The van der Waals surface area contributed by atoms with Gasteiger partial charge in [-0.2, -0.15) is 0 Å². The molecule has 4 rings (SSSR count). The zero-order valence-electron chi connectivity index (χ0n) is 15.4. The van der Waals surface area contributed by atoms with Gasteiger partial charge in [0, 0.05) is 65.0 Å². The van der Waals surface area contributed by atoms with E-state index < -0.39 is 0 Å². The SMILES string of the molecule is CN1CCN(C[C@@H]2OC[C@H]3CCN(C(=O)c4cccn4C)C[C@H]32)CC1. The average Bonchev–Trinajstić information content (AvgIpc) is 3.22. The molecule has 0 radical (unpaired) electrons. The molecule has 138 valence electrons. The van der Waals surface area contributed by atoms with Crippen LogP contribution in [0.5, 0.6) is 0 Å². The molecule has 0 aromatic carbocycles. The molecule has 0 saturated carbocycles. The molecular weight excluding hydrogens is 316 g/mol. The van der Waals surface area contributed by atoms with E-state index in [1.807, 2.05) is 34.8 Å². The molecule has 1 aromatic heterocycles. The van der Waals surface area contributed by atoms with Gasteiger partial charge in [-0.3, -0.25) is 9.69 Å². The van der Waals surface area contributed by atoms with E-state index in [9.17, 15) is 4.79 Å². The number of hydrogen-bond acceptors (Lipinski definition) is 4. The summed E-state index contributed by atoms with van der Waals surface area (Å²) < 4.78 is 8.09. The van der Waals surface area contributed by atoms with Crippen molar-refractivity contribution < 1.29 is 9.53 Å². The van der Waals surface area contributed by atoms with Crippen molar-refractivity contribution in [2.45, 2.75) is 12.5 Å². The predicted molar refractivity (Wildman–Crippen MR) is 96.6 cm³/mol. The lowest BCUT2D eigenvalue weighted by Gasteiger charge is -2.38. The minimum atomic E-state index is 0.163. The highest BCUT2D eigenvalue weighted by atomic mass is 16.5. The lowest BCUT2D eigenvalue weighted by Crippen LogP contribution is -2.50. The Bertz CT molecular complexity index is 608. The van der Waals surface area contributed by atoms with E-state index in [0.29, 0.717) is 11.8 Å². The molecular formula is C19H30N4O2. The number of ether oxygens (including phenoxy) is 1. The van der Waals surface area contributed by atoms with Crippen molar-refractivity contribution in [1.29, 1.82) is 0 Å². The second-order valence-electron chi connectivity index (χ2n) is 7.94. The first-order valence-corrected chi connectivity index (χ1v) is 9.55. The first-order chi connectivity index (χ1) is 12.1. The molecule has 0 N–H and O–H groups in total. The fourth-order valence-electron chi connectivity index (χ4n) is 4.53. The van der Waals surface area contributed by atoms with E-state index in [2.05, 4.69) is 16.8 Å². The number of likely N-dealkylation sites (N-methyl/N-ethyl adjacent to an activating group) is 1. The Labute approximate surface area is 150 Å². The highest BCUT2D eigenvalue weighted by Crippen LogP contribution is 2.35. The van der Waals surface area contributed by atoms with Crippen molar-refractivity contribution in [3.8, 4) is 0 Å². The van der Waals surface area contributed by atoms with Crippen molar-refractivity contribution >= 4 is 5.91 Å². The van der Waals surface area contributed by atoms with Crippen LogP contribution in [-0.4, -0.2) is 90.7 Å². The molecule has 25 heavy (non-hydrogen) atoms. The Morgan fingerprint density at radius 3 is 2.72 bits per heavy atom. The Kier molecular flexibility index (Phi) is 4.84.